The van der Waals surface area contributed by atoms with Crippen molar-refractivity contribution in [2.45, 2.75) is 6.61 Å². The zero-order chi connectivity index (χ0) is 15.4. The van der Waals surface area contributed by atoms with Crippen LogP contribution in [0.5, 0.6) is 0 Å². The van der Waals surface area contributed by atoms with Crippen LogP contribution in [0.1, 0.15) is 15.9 Å². The molecular weight excluding hydrogens is 279 g/mol. The fourth-order valence-electron chi connectivity index (χ4n) is 1.86. The molecular formula is C14H13FN2O4. The second kappa shape index (κ2) is 6.27. The molecule has 0 radical (unpaired) electrons. The van der Waals surface area contributed by atoms with Gasteiger partial charge in [0.1, 0.15) is 17.2 Å². The Hall–Kier alpha value is -2.54. The van der Waals surface area contributed by atoms with E-state index in [0.717, 1.165) is 10.8 Å². The van der Waals surface area contributed by atoms with Crippen molar-refractivity contribution in [3.63, 3.8) is 0 Å². The summed E-state index contributed by atoms with van der Waals surface area (Å²) in [4.78, 5) is 28.0. The van der Waals surface area contributed by atoms with Crippen molar-refractivity contribution in [2.24, 2.45) is 0 Å². The third-order valence-corrected chi connectivity index (χ3v) is 2.83. The minimum Gasteiger partial charge on any atom is -0.465 e. The van der Waals surface area contributed by atoms with Crippen molar-refractivity contribution < 1.29 is 18.7 Å². The summed E-state index contributed by atoms with van der Waals surface area (Å²) < 4.78 is 23.6. The van der Waals surface area contributed by atoms with Crippen LogP contribution < -0.4 is 5.56 Å². The summed E-state index contributed by atoms with van der Waals surface area (Å²) in [6.45, 7) is 0.0946. The second-order valence-electron chi connectivity index (χ2n) is 4.15. The lowest BCUT2D eigenvalue weighted by atomic mass is 10.1. The van der Waals surface area contributed by atoms with E-state index in [1.54, 1.807) is 6.07 Å². The summed E-state index contributed by atoms with van der Waals surface area (Å²) in [5.41, 5.74) is -0.323. The summed E-state index contributed by atoms with van der Waals surface area (Å²) >= 11 is 0. The predicted octanol–water partition coefficient (Wildman–Crippen LogP) is 1.30. The Morgan fingerprint density at radius 1 is 1.33 bits per heavy atom. The van der Waals surface area contributed by atoms with E-state index < -0.39 is 17.3 Å². The summed E-state index contributed by atoms with van der Waals surface area (Å²) in [7, 11) is 2.64. The molecule has 21 heavy (non-hydrogen) atoms. The number of hydrogen-bond acceptors (Lipinski definition) is 5. The first kappa shape index (κ1) is 14.9. The first-order chi connectivity index (χ1) is 10.1. The Labute approximate surface area is 119 Å². The smallest absolute Gasteiger partial charge is 0.343 e. The molecule has 6 nitrogen and oxygen atoms in total. The monoisotopic (exact) mass is 292 g/mol. The number of pyridine rings is 2. The molecule has 2 aromatic heterocycles. The van der Waals surface area contributed by atoms with Crippen LogP contribution >= 0.6 is 0 Å². The molecule has 0 fully saturated rings. The van der Waals surface area contributed by atoms with Crippen LogP contribution in [0.3, 0.4) is 0 Å². The van der Waals surface area contributed by atoms with Crippen LogP contribution in [0.2, 0.25) is 0 Å². The average molecular weight is 292 g/mol. The topological polar surface area (TPSA) is 70.4 Å². The van der Waals surface area contributed by atoms with E-state index >= 15 is 0 Å². The molecule has 0 atom stereocenters. The third-order valence-electron chi connectivity index (χ3n) is 2.83. The Kier molecular flexibility index (Phi) is 4.44. The molecule has 110 valence electrons. The number of ether oxygens (including phenoxy) is 2. The zero-order valence-electron chi connectivity index (χ0n) is 11.5. The van der Waals surface area contributed by atoms with Gasteiger partial charge in [-0.05, 0) is 23.8 Å². The Bertz CT molecular complexity index is 710. The molecule has 0 amide bonds. The maximum Gasteiger partial charge on any atom is 0.343 e. The van der Waals surface area contributed by atoms with Crippen LogP contribution in [0.25, 0.3) is 5.82 Å². The van der Waals surface area contributed by atoms with Crippen LogP contribution in [0, 0.1) is 5.82 Å². The average Bonchev–Trinajstić information content (AvgIpc) is 2.48. The number of halogens is 1. The first-order valence-corrected chi connectivity index (χ1v) is 6.02. The number of nitrogens with zero attached hydrogens (tertiary/aromatic N) is 2. The van der Waals surface area contributed by atoms with E-state index in [9.17, 15) is 14.0 Å². The number of hydrogen-bond donors (Lipinski definition) is 0. The minimum atomic E-state index is -0.761. The quantitative estimate of drug-likeness (QED) is 0.794. The van der Waals surface area contributed by atoms with E-state index in [-0.39, 0.29) is 18.0 Å². The highest BCUT2D eigenvalue weighted by atomic mass is 19.1. The molecule has 7 heteroatoms. The minimum absolute atomic E-state index is 0.0946. The van der Waals surface area contributed by atoms with Crippen LogP contribution in [-0.4, -0.2) is 29.7 Å². The first-order valence-electron chi connectivity index (χ1n) is 6.02. The molecule has 0 aliphatic rings. The fraction of sp³-hybridized carbons (Fsp3) is 0.214. The van der Waals surface area contributed by atoms with Crippen molar-refractivity contribution in [1.29, 1.82) is 0 Å². The lowest BCUT2D eigenvalue weighted by molar-refractivity contribution is 0.0593. The summed E-state index contributed by atoms with van der Waals surface area (Å²) in [5.74, 6) is -1.07. The van der Waals surface area contributed by atoms with Gasteiger partial charge in [-0.3, -0.25) is 9.36 Å². The highest BCUT2D eigenvalue weighted by molar-refractivity contribution is 5.90. The van der Waals surface area contributed by atoms with Gasteiger partial charge in [0.2, 0.25) is 0 Å². The number of rotatable bonds is 4. The maximum atomic E-state index is 12.9. The van der Waals surface area contributed by atoms with E-state index in [0.29, 0.717) is 5.56 Å². The van der Waals surface area contributed by atoms with Gasteiger partial charge in [0.25, 0.3) is 5.56 Å². The SMILES string of the molecule is COCc1ccn(-c2ccc(F)cn2)c(=O)c1C(=O)OC. The number of carbonyl (C=O) groups is 1. The number of esters is 1. The van der Waals surface area contributed by atoms with E-state index in [2.05, 4.69) is 9.72 Å². The van der Waals surface area contributed by atoms with Gasteiger partial charge >= 0.3 is 5.97 Å². The molecule has 2 heterocycles. The van der Waals surface area contributed by atoms with Gasteiger partial charge in [0, 0.05) is 13.3 Å². The van der Waals surface area contributed by atoms with Gasteiger partial charge in [-0.25, -0.2) is 14.2 Å². The molecule has 0 aromatic carbocycles. The highest BCUT2D eigenvalue weighted by Crippen LogP contribution is 2.10. The molecule has 0 N–H and O–H groups in total. The van der Waals surface area contributed by atoms with Crippen LogP contribution in [-0.2, 0) is 16.1 Å². The molecule has 0 saturated heterocycles. The lowest BCUT2D eigenvalue weighted by Gasteiger charge is -2.10. The third kappa shape index (κ3) is 2.97. The maximum absolute atomic E-state index is 12.9. The van der Waals surface area contributed by atoms with E-state index in [4.69, 9.17) is 4.74 Å². The Balaban J connectivity index is 2.62. The van der Waals surface area contributed by atoms with Gasteiger partial charge in [0.15, 0.2) is 0 Å². The van der Waals surface area contributed by atoms with Gasteiger partial charge in [-0.2, -0.15) is 0 Å². The largest absolute Gasteiger partial charge is 0.465 e. The fourth-order valence-corrected chi connectivity index (χ4v) is 1.86. The van der Waals surface area contributed by atoms with Crippen molar-refractivity contribution >= 4 is 5.97 Å². The molecule has 2 rings (SSSR count). The Morgan fingerprint density at radius 2 is 2.10 bits per heavy atom. The van der Waals surface area contributed by atoms with Crippen molar-refractivity contribution in [1.82, 2.24) is 9.55 Å². The number of methoxy groups -OCH3 is 2. The lowest BCUT2D eigenvalue weighted by Crippen LogP contribution is -2.28. The Morgan fingerprint density at radius 3 is 2.67 bits per heavy atom. The van der Waals surface area contributed by atoms with Crippen molar-refractivity contribution in [3.05, 3.63) is 57.9 Å². The molecule has 0 aliphatic heterocycles. The van der Waals surface area contributed by atoms with E-state index in [1.807, 2.05) is 0 Å². The van der Waals surface area contributed by atoms with E-state index in [1.165, 1.54) is 32.5 Å². The molecule has 0 aliphatic carbocycles. The molecule has 2 aromatic rings. The van der Waals surface area contributed by atoms with Crippen molar-refractivity contribution in [3.8, 4) is 5.82 Å². The highest BCUT2D eigenvalue weighted by Gasteiger charge is 2.19. The van der Waals surface area contributed by atoms with Crippen LogP contribution in [0.15, 0.2) is 35.4 Å². The number of carbonyl (C=O) groups excluding carboxylic acids is 1. The molecule has 0 saturated carbocycles. The van der Waals surface area contributed by atoms with Gasteiger partial charge < -0.3 is 9.47 Å². The number of aromatic nitrogens is 2. The summed E-state index contributed by atoms with van der Waals surface area (Å²) in [6.07, 6.45) is 2.44. The summed E-state index contributed by atoms with van der Waals surface area (Å²) in [5, 5.41) is 0. The van der Waals surface area contributed by atoms with Crippen LogP contribution in [0.4, 0.5) is 4.39 Å². The van der Waals surface area contributed by atoms with Gasteiger partial charge in [-0.15, -0.1) is 0 Å². The van der Waals surface area contributed by atoms with Crippen molar-refractivity contribution in [2.75, 3.05) is 14.2 Å². The van der Waals surface area contributed by atoms with Gasteiger partial charge in [-0.1, -0.05) is 0 Å². The second-order valence-corrected chi connectivity index (χ2v) is 4.15. The predicted molar refractivity (Wildman–Crippen MR) is 71.8 cm³/mol. The zero-order valence-corrected chi connectivity index (χ0v) is 11.5. The molecule has 0 spiro atoms. The summed E-state index contributed by atoms with van der Waals surface area (Å²) in [6, 6.07) is 4.08. The molecule has 0 bridgehead atoms. The van der Waals surface area contributed by atoms with Gasteiger partial charge in [0.05, 0.1) is 19.9 Å². The normalized spacial score (nSPS) is 10.4. The standard InChI is InChI=1S/C14H13FN2O4/c1-20-8-9-5-6-17(11-4-3-10(15)7-16-11)13(18)12(9)14(19)21-2/h3-7H,8H2,1-2H3. The molecule has 0 unspecified atom stereocenters.